The highest BCUT2D eigenvalue weighted by Gasteiger charge is 2.50. The van der Waals surface area contributed by atoms with Crippen molar-refractivity contribution in [1.82, 2.24) is 0 Å². The highest BCUT2D eigenvalue weighted by molar-refractivity contribution is 6.21. The minimum atomic E-state index is -0.694. The highest BCUT2D eigenvalue weighted by Crippen LogP contribution is 2.62. The molecule has 0 saturated carbocycles. The van der Waals surface area contributed by atoms with Crippen molar-refractivity contribution in [3.8, 4) is 89.8 Å². The summed E-state index contributed by atoms with van der Waals surface area (Å²) in [7, 11) is 6.99. The third-order valence-electron chi connectivity index (χ3n) is 29.7. The van der Waals surface area contributed by atoms with E-state index in [-0.39, 0.29) is 10.8 Å². The van der Waals surface area contributed by atoms with Gasteiger partial charge in [-0.3, -0.25) is 0 Å². The molecule has 0 unspecified atom stereocenters. The molecule has 0 fully saturated rings. The average Bonchev–Trinajstić information content (AvgIpc) is 1.53. The predicted molar refractivity (Wildman–Crippen MR) is 543 cm³/mol. The van der Waals surface area contributed by atoms with E-state index in [9.17, 15) is 0 Å². The van der Waals surface area contributed by atoms with Crippen LogP contribution in [0.25, 0.3) is 112 Å². The molecule has 0 saturated heterocycles. The van der Waals surface area contributed by atoms with Crippen molar-refractivity contribution < 1.29 is 18.9 Å². The Hall–Kier alpha value is -14.1. The van der Waals surface area contributed by atoms with Crippen LogP contribution in [-0.2, 0) is 21.7 Å². The van der Waals surface area contributed by atoms with E-state index >= 15 is 0 Å². The lowest BCUT2D eigenvalue weighted by Crippen LogP contribution is -2.28. The molecule has 638 valence electrons. The second kappa shape index (κ2) is 34.5. The Morgan fingerprint density at radius 1 is 0.231 bits per heavy atom. The van der Waals surface area contributed by atoms with Crippen molar-refractivity contribution in [3.63, 3.8) is 0 Å². The fourth-order valence-corrected chi connectivity index (χ4v) is 23.6. The quantitative estimate of drug-likeness (QED) is 0.0362. The fraction of sp³-hybridized carbons (Fsp3) is 0.190. The van der Waals surface area contributed by atoms with Crippen LogP contribution in [0.15, 0.2) is 364 Å². The van der Waals surface area contributed by atoms with Gasteiger partial charge in [0.15, 0.2) is 0 Å². The highest BCUT2D eigenvalue weighted by atomic mass is 16.5. The van der Waals surface area contributed by atoms with Gasteiger partial charge in [0.1, 0.15) is 23.0 Å². The Morgan fingerprint density at radius 2 is 0.485 bits per heavy atom. The van der Waals surface area contributed by atoms with Crippen LogP contribution in [0.4, 0.5) is 0 Å². The Morgan fingerprint density at radius 3 is 0.785 bits per heavy atom. The first-order valence-electron chi connectivity index (χ1n) is 47.2. The SMILES string of the molecule is CCCCC1(CCCC)c2ccccc2-c2ccc(C=C(c3ccc(-c4c5ccccc5c(-c5ccc(C(=Cc6ccc7c(c6)C(CCCC)(CCCC)c6ccccc6-7)c6ccc7c(c6)C(c6ccc(OC)cc6)(c6ccc(OC)cc6)c6ccccc6-7)cc5)c5ccccc45)cc3)c3ccc4c(c3)C(c3ccc(OC)cc3)(c3ccc(OC)cc3)c3ccccc3-4)cc21. The van der Waals surface area contributed by atoms with Gasteiger partial charge in [-0.2, -0.15) is 0 Å². The van der Waals surface area contributed by atoms with Crippen molar-refractivity contribution in [2.24, 2.45) is 0 Å². The second-order valence-electron chi connectivity index (χ2n) is 36.4. The Balaban J connectivity index is 0.721. The number of hydrogen-bond acceptors (Lipinski definition) is 4. The van der Waals surface area contributed by atoms with Crippen molar-refractivity contribution in [1.29, 1.82) is 0 Å². The van der Waals surface area contributed by atoms with Gasteiger partial charge in [0.25, 0.3) is 0 Å². The molecule has 0 aromatic heterocycles. The Bertz CT molecular complexity index is 6620. The zero-order valence-corrected chi connectivity index (χ0v) is 75.9. The molecule has 0 atom stereocenters. The number of fused-ring (bicyclic) bond motifs is 14. The van der Waals surface area contributed by atoms with E-state index in [0.717, 1.165) is 141 Å². The van der Waals surface area contributed by atoms with Crippen molar-refractivity contribution >= 4 is 44.8 Å². The lowest BCUT2D eigenvalue weighted by Gasteiger charge is -2.34. The van der Waals surface area contributed by atoms with Crippen molar-refractivity contribution in [2.75, 3.05) is 28.4 Å². The van der Waals surface area contributed by atoms with E-state index in [1.807, 2.05) is 0 Å². The van der Waals surface area contributed by atoms with Gasteiger partial charge in [0, 0.05) is 10.8 Å². The Kier molecular flexibility index (Phi) is 22.0. The minimum Gasteiger partial charge on any atom is -0.497 e. The molecule has 4 aliphatic rings. The number of benzene rings is 17. The first kappa shape index (κ1) is 82.9. The van der Waals surface area contributed by atoms with E-state index < -0.39 is 10.8 Å². The van der Waals surface area contributed by atoms with E-state index in [1.54, 1.807) is 28.4 Å². The van der Waals surface area contributed by atoms with Gasteiger partial charge in [0.05, 0.1) is 39.3 Å². The number of rotatable bonds is 28. The van der Waals surface area contributed by atoms with Crippen LogP contribution in [0, 0.1) is 0 Å². The molecule has 4 aliphatic carbocycles. The van der Waals surface area contributed by atoms with Crippen LogP contribution >= 0.6 is 0 Å². The molecule has 0 amide bonds. The summed E-state index contributed by atoms with van der Waals surface area (Å²) < 4.78 is 23.5. The standard InChI is InChI=1S/C126H110O4/c1-9-13-73-123(74-14-10-2)113-37-25-21-29-99(113)103-69-41-83(79-117(103)123)77-111(89-51-71-105-101-31-23-27-39-115(101)125(119(105)81-89,91-53-61-95(127-5)62-54-91)92-55-63-96(128-6)64-56-92)85-43-47-87(48-44-85)121-107-33-17-19-35-109(107)122(110-36-20-18-34-108(110)121)88-49-45-86(46-50-88)112(78-84-42-70-104-100-30-22-26-38-114(100)124(75-15-11-3,76-16-12-4)118(104)80-84)90-52-72-106-102-32-24-28-40-116(102)126(120(106)82-90,93-57-65-97(129-7)66-58-93)94-59-67-98(130-8)68-60-94/h17-72,77-82H,9-16,73-76H2,1-8H3. The van der Waals surface area contributed by atoms with E-state index in [1.165, 1.54) is 158 Å². The van der Waals surface area contributed by atoms with Crippen molar-refractivity contribution in [2.45, 2.75) is 126 Å². The molecule has 0 N–H and O–H groups in total. The zero-order valence-electron chi connectivity index (χ0n) is 75.9. The molecule has 4 nitrogen and oxygen atoms in total. The molecule has 4 heteroatoms. The monoisotopic (exact) mass is 1690 g/mol. The van der Waals surface area contributed by atoms with Gasteiger partial charge in [-0.25, -0.2) is 0 Å². The molecule has 0 heterocycles. The van der Waals surface area contributed by atoms with E-state index in [0.29, 0.717) is 0 Å². The molecule has 130 heavy (non-hydrogen) atoms. The summed E-state index contributed by atoms with van der Waals surface area (Å²) in [6, 6.07) is 139. The summed E-state index contributed by atoms with van der Waals surface area (Å²) in [4.78, 5) is 0. The van der Waals surface area contributed by atoms with Gasteiger partial charge in [-0.15, -0.1) is 0 Å². The number of methoxy groups -OCH3 is 4. The average molecular weight is 1690 g/mol. The lowest BCUT2D eigenvalue weighted by atomic mass is 9.67. The van der Waals surface area contributed by atoms with Gasteiger partial charge in [0.2, 0.25) is 0 Å². The smallest absolute Gasteiger partial charge is 0.118 e. The van der Waals surface area contributed by atoms with Gasteiger partial charge < -0.3 is 18.9 Å². The summed E-state index contributed by atoms with van der Waals surface area (Å²) in [6.07, 6.45) is 18.7. The van der Waals surface area contributed by atoms with Crippen LogP contribution in [-0.4, -0.2) is 28.4 Å². The second-order valence-corrected chi connectivity index (χ2v) is 36.4. The van der Waals surface area contributed by atoms with Gasteiger partial charge in [-0.05, 0) is 298 Å². The summed E-state index contributed by atoms with van der Waals surface area (Å²) in [5.41, 5.74) is 38.4. The largest absolute Gasteiger partial charge is 0.497 e. The molecule has 0 spiro atoms. The Labute approximate surface area is 767 Å². The topological polar surface area (TPSA) is 36.9 Å². The summed E-state index contributed by atoms with van der Waals surface area (Å²) in [6.45, 7) is 9.39. The molecule has 21 rings (SSSR count). The summed E-state index contributed by atoms with van der Waals surface area (Å²) in [5.74, 6) is 3.27. The predicted octanol–water partition coefficient (Wildman–Crippen LogP) is 32.6. The number of ether oxygens (including phenoxy) is 4. The maximum absolute atomic E-state index is 5.88. The van der Waals surface area contributed by atoms with E-state index in [2.05, 4.69) is 404 Å². The molecular formula is C126H110O4. The van der Waals surface area contributed by atoms with Crippen LogP contribution in [0.5, 0.6) is 23.0 Å². The van der Waals surface area contributed by atoms with Gasteiger partial charge >= 0.3 is 0 Å². The first-order chi connectivity index (χ1) is 64.0. The van der Waals surface area contributed by atoms with Crippen LogP contribution in [0.1, 0.15) is 205 Å². The first-order valence-corrected chi connectivity index (χ1v) is 47.2. The van der Waals surface area contributed by atoms with Crippen molar-refractivity contribution in [3.05, 3.63) is 464 Å². The maximum atomic E-state index is 5.88. The number of hydrogen-bond donors (Lipinski definition) is 0. The lowest BCUT2D eigenvalue weighted by molar-refractivity contribution is 0.414. The van der Waals surface area contributed by atoms with Gasteiger partial charge in [-0.1, -0.05) is 382 Å². The summed E-state index contributed by atoms with van der Waals surface area (Å²) in [5, 5.41) is 4.81. The molecule has 0 aliphatic heterocycles. The minimum absolute atomic E-state index is 0.0787. The molecule has 0 radical (unpaired) electrons. The summed E-state index contributed by atoms with van der Waals surface area (Å²) >= 11 is 0. The molecular weight excluding hydrogens is 1580 g/mol. The maximum Gasteiger partial charge on any atom is 0.118 e. The fourth-order valence-electron chi connectivity index (χ4n) is 23.6. The third-order valence-corrected chi connectivity index (χ3v) is 29.7. The van der Waals surface area contributed by atoms with Crippen LogP contribution in [0.3, 0.4) is 0 Å². The normalized spacial score (nSPS) is 14.2. The van der Waals surface area contributed by atoms with Crippen LogP contribution < -0.4 is 18.9 Å². The zero-order chi connectivity index (χ0) is 88.2. The van der Waals surface area contributed by atoms with Crippen LogP contribution in [0.2, 0.25) is 0 Å². The number of unbranched alkanes of at least 4 members (excludes halogenated alkanes) is 4. The van der Waals surface area contributed by atoms with E-state index in [4.69, 9.17) is 18.9 Å². The molecule has 0 bridgehead atoms. The third kappa shape index (κ3) is 13.5. The molecule has 17 aromatic rings. The molecule has 17 aromatic carbocycles.